The van der Waals surface area contributed by atoms with E-state index in [0.29, 0.717) is 11.6 Å². The molecule has 3 aromatic rings. The highest BCUT2D eigenvalue weighted by Gasteiger charge is 2.61. The Hall–Kier alpha value is -2.90. The summed E-state index contributed by atoms with van der Waals surface area (Å²) in [6.45, 7) is 0.226. The number of ether oxygens (including phenoxy) is 1. The molecular formula is C23H24N2O5. The molecule has 2 atom stereocenters. The van der Waals surface area contributed by atoms with Crippen LogP contribution < -0.4 is 10.2 Å². The molecule has 156 valence electrons. The van der Waals surface area contributed by atoms with Gasteiger partial charge in [0.25, 0.3) is 5.72 Å². The van der Waals surface area contributed by atoms with Crippen molar-refractivity contribution in [2.45, 2.75) is 50.4 Å². The zero-order valence-electron chi connectivity index (χ0n) is 16.5. The molecule has 0 spiro atoms. The molecule has 2 N–H and O–H groups in total. The maximum absolute atomic E-state index is 11.9. The summed E-state index contributed by atoms with van der Waals surface area (Å²) >= 11 is 0. The van der Waals surface area contributed by atoms with Crippen LogP contribution in [0.15, 0.2) is 52.9 Å². The van der Waals surface area contributed by atoms with E-state index in [0.717, 1.165) is 42.3 Å². The number of aromatic nitrogens is 1. The number of carbonyl (C=O) groups is 1. The number of aliphatic carboxylic acids is 1. The van der Waals surface area contributed by atoms with Crippen molar-refractivity contribution in [3.8, 4) is 5.75 Å². The Balaban J connectivity index is 1.32. The van der Waals surface area contributed by atoms with Crippen molar-refractivity contribution in [2.75, 3.05) is 0 Å². The minimum absolute atomic E-state index is 0.226. The molecule has 2 aliphatic rings. The zero-order chi connectivity index (χ0) is 20.6. The van der Waals surface area contributed by atoms with Crippen LogP contribution in [0.25, 0.3) is 11.1 Å². The second-order valence-corrected chi connectivity index (χ2v) is 8.05. The van der Waals surface area contributed by atoms with Gasteiger partial charge in [-0.15, -0.1) is 0 Å². The fraction of sp³-hybridized carbons (Fsp3) is 0.391. The molecule has 5 rings (SSSR count). The maximum atomic E-state index is 11.9. The number of benzene rings is 2. The van der Waals surface area contributed by atoms with Crippen molar-refractivity contribution >= 4 is 17.1 Å². The van der Waals surface area contributed by atoms with Gasteiger partial charge in [-0.3, -0.25) is 4.84 Å². The number of hydroxylamine groups is 1. The predicted molar refractivity (Wildman–Crippen MR) is 109 cm³/mol. The molecule has 1 saturated heterocycles. The van der Waals surface area contributed by atoms with Crippen LogP contribution in [-0.4, -0.2) is 21.8 Å². The smallest absolute Gasteiger partial charge is 0.356 e. The lowest BCUT2D eigenvalue weighted by molar-refractivity contribution is -0.145. The topological polar surface area (TPSA) is 107 Å². The number of hydrogen-bond acceptors (Lipinski definition) is 6. The highest BCUT2D eigenvalue weighted by Crippen LogP contribution is 2.47. The molecule has 0 radical (unpaired) electrons. The number of carboxylic acids is 1. The predicted octanol–water partition coefficient (Wildman–Crippen LogP) is 4.39. The van der Waals surface area contributed by atoms with E-state index in [-0.39, 0.29) is 18.4 Å². The molecular weight excluding hydrogens is 384 g/mol. The summed E-state index contributed by atoms with van der Waals surface area (Å²) in [5, 5.41) is 9.76. The van der Waals surface area contributed by atoms with Crippen LogP contribution in [0.2, 0.25) is 0 Å². The van der Waals surface area contributed by atoms with E-state index in [9.17, 15) is 9.90 Å². The van der Waals surface area contributed by atoms with Gasteiger partial charge in [-0.2, -0.15) is 5.48 Å². The molecule has 1 aromatic heterocycles. The summed E-state index contributed by atoms with van der Waals surface area (Å²) in [4.78, 5) is 21.6. The number of nitrogens with one attached hydrogen (secondary N) is 1. The van der Waals surface area contributed by atoms with Crippen LogP contribution >= 0.6 is 0 Å². The molecule has 2 unspecified atom stereocenters. The molecule has 7 heteroatoms. The molecule has 2 aromatic carbocycles. The van der Waals surface area contributed by atoms with Crippen LogP contribution in [0.1, 0.15) is 49.5 Å². The first kappa shape index (κ1) is 19.1. The Labute approximate surface area is 174 Å². The first-order chi connectivity index (χ1) is 14.7. The van der Waals surface area contributed by atoms with Gasteiger partial charge in [-0.05, 0) is 48.6 Å². The Bertz CT molecular complexity index is 1000. The Morgan fingerprint density at radius 1 is 1.17 bits per heavy atom. The van der Waals surface area contributed by atoms with Crippen molar-refractivity contribution in [2.24, 2.45) is 5.92 Å². The SMILES string of the molecule is O=C(O)C1(C(c2ccc(OCc3nc4ccccc4o3)cc2)C2CCCCC2)NO1. The summed E-state index contributed by atoms with van der Waals surface area (Å²) in [6, 6.07) is 15.2. The van der Waals surface area contributed by atoms with E-state index in [4.69, 9.17) is 14.0 Å². The molecule has 1 aliphatic heterocycles. The largest absolute Gasteiger partial charge is 0.484 e. The first-order valence-corrected chi connectivity index (χ1v) is 10.4. The number of rotatable bonds is 7. The third kappa shape index (κ3) is 3.55. The van der Waals surface area contributed by atoms with Gasteiger partial charge in [0.2, 0.25) is 5.89 Å². The number of oxazole rings is 1. The van der Waals surface area contributed by atoms with Crippen molar-refractivity contribution in [3.05, 3.63) is 60.0 Å². The van der Waals surface area contributed by atoms with E-state index in [1.54, 1.807) is 0 Å². The normalized spacial score (nSPS) is 22.7. The van der Waals surface area contributed by atoms with Crippen LogP contribution in [0.3, 0.4) is 0 Å². The van der Waals surface area contributed by atoms with Gasteiger partial charge < -0.3 is 14.3 Å². The Kier molecular flexibility index (Phi) is 4.92. The lowest BCUT2D eigenvalue weighted by Gasteiger charge is -2.32. The molecule has 1 aliphatic carbocycles. The third-order valence-electron chi connectivity index (χ3n) is 6.14. The van der Waals surface area contributed by atoms with Crippen molar-refractivity contribution in [1.29, 1.82) is 0 Å². The number of hydrogen-bond donors (Lipinski definition) is 2. The molecule has 0 bridgehead atoms. The van der Waals surface area contributed by atoms with Gasteiger partial charge in [-0.1, -0.05) is 43.5 Å². The molecule has 1 saturated carbocycles. The second-order valence-electron chi connectivity index (χ2n) is 8.05. The average Bonchev–Trinajstić information content (AvgIpc) is 3.46. The van der Waals surface area contributed by atoms with Crippen LogP contribution in [0.4, 0.5) is 0 Å². The molecule has 7 nitrogen and oxygen atoms in total. The average molecular weight is 408 g/mol. The second kappa shape index (κ2) is 7.74. The Morgan fingerprint density at radius 2 is 1.90 bits per heavy atom. The summed E-state index contributed by atoms with van der Waals surface area (Å²) < 4.78 is 11.5. The standard InChI is InChI=1S/C23H24N2O5/c26-22(27)23(25-30-23)21(15-6-2-1-3-7-15)16-10-12-17(13-11-16)28-14-20-24-18-8-4-5-9-19(18)29-20/h4-5,8-13,15,21,25H,1-3,6-7,14H2,(H,26,27). The minimum atomic E-state index is -1.32. The van der Waals surface area contributed by atoms with Crippen LogP contribution in [0.5, 0.6) is 5.75 Å². The summed E-state index contributed by atoms with van der Waals surface area (Å²) in [5.41, 5.74) is 3.83. The minimum Gasteiger partial charge on any atom is -0.484 e. The van der Waals surface area contributed by atoms with Crippen LogP contribution in [0, 0.1) is 5.92 Å². The third-order valence-corrected chi connectivity index (χ3v) is 6.14. The highest BCUT2D eigenvalue weighted by molar-refractivity contribution is 5.80. The van der Waals surface area contributed by atoms with E-state index >= 15 is 0 Å². The number of carboxylic acid groups (broad SMARTS) is 1. The van der Waals surface area contributed by atoms with Gasteiger partial charge in [0.05, 0.1) is 0 Å². The summed E-state index contributed by atoms with van der Waals surface area (Å²) in [5.74, 6) is 0.269. The van der Waals surface area contributed by atoms with E-state index < -0.39 is 11.7 Å². The first-order valence-electron chi connectivity index (χ1n) is 10.4. The van der Waals surface area contributed by atoms with Gasteiger partial charge in [0, 0.05) is 5.92 Å². The number of nitrogens with zero attached hydrogens (tertiary/aromatic N) is 1. The summed E-state index contributed by atoms with van der Waals surface area (Å²) in [6.07, 6.45) is 5.49. The fourth-order valence-electron chi connectivity index (χ4n) is 4.61. The number of fused-ring (bicyclic) bond motifs is 1. The van der Waals surface area contributed by atoms with Gasteiger partial charge >= 0.3 is 5.97 Å². The molecule has 0 amide bonds. The number of para-hydroxylation sites is 2. The van der Waals surface area contributed by atoms with Crippen molar-refractivity contribution < 1.29 is 23.9 Å². The van der Waals surface area contributed by atoms with Gasteiger partial charge in [-0.25, -0.2) is 9.78 Å². The lowest BCUT2D eigenvalue weighted by atomic mass is 9.72. The maximum Gasteiger partial charge on any atom is 0.356 e. The van der Waals surface area contributed by atoms with Crippen molar-refractivity contribution in [3.63, 3.8) is 0 Å². The van der Waals surface area contributed by atoms with E-state index in [2.05, 4.69) is 10.5 Å². The fourth-order valence-corrected chi connectivity index (χ4v) is 4.61. The van der Waals surface area contributed by atoms with E-state index in [1.165, 1.54) is 6.42 Å². The molecule has 2 fully saturated rings. The van der Waals surface area contributed by atoms with Gasteiger partial charge in [0.1, 0.15) is 11.3 Å². The van der Waals surface area contributed by atoms with Gasteiger partial charge in [0.15, 0.2) is 12.2 Å². The lowest BCUT2D eigenvalue weighted by Crippen LogP contribution is -2.39. The molecule has 2 heterocycles. The monoisotopic (exact) mass is 408 g/mol. The van der Waals surface area contributed by atoms with Crippen LogP contribution in [-0.2, 0) is 16.2 Å². The molecule has 30 heavy (non-hydrogen) atoms. The van der Waals surface area contributed by atoms with E-state index in [1.807, 2.05) is 48.5 Å². The zero-order valence-corrected chi connectivity index (χ0v) is 16.5. The van der Waals surface area contributed by atoms with Crippen molar-refractivity contribution in [1.82, 2.24) is 10.5 Å². The summed E-state index contributed by atoms with van der Waals surface area (Å²) in [7, 11) is 0. The highest BCUT2D eigenvalue weighted by atomic mass is 16.8. The quantitative estimate of drug-likeness (QED) is 0.558. The Morgan fingerprint density at radius 3 is 2.57 bits per heavy atom.